The molecule has 0 saturated heterocycles. The zero-order valence-corrected chi connectivity index (χ0v) is 22.7. The van der Waals surface area contributed by atoms with E-state index in [-0.39, 0.29) is 25.3 Å². The molecule has 40 heavy (non-hydrogen) atoms. The fourth-order valence-electron chi connectivity index (χ4n) is 4.65. The van der Waals surface area contributed by atoms with E-state index in [0.29, 0.717) is 51.2 Å². The fraction of sp³-hybridized carbons (Fsp3) is 0.379. The lowest BCUT2D eigenvalue weighted by atomic mass is 9.84. The Kier molecular flexibility index (Phi) is 12.0. The average Bonchev–Trinajstić information content (AvgIpc) is 2.95. The van der Waals surface area contributed by atoms with E-state index >= 15 is 0 Å². The maximum Gasteiger partial charge on any atom is 0.231 e. The monoisotopic (exact) mass is 548 g/mol. The highest BCUT2D eigenvalue weighted by atomic mass is 16.2. The Hall–Kier alpha value is -3.90. The lowest BCUT2D eigenvalue weighted by Crippen LogP contribution is -2.63. The van der Waals surface area contributed by atoms with E-state index in [1.165, 1.54) is 0 Å². The summed E-state index contributed by atoms with van der Waals surface area (Å²) >= 11 is 0. The molecule has 2 aromatic carbocycles. The predicted octanol–water partition coefficient (Wildman–Crippen LogP) is 0.549. The zero-order chi connectivity index (χ0) is 28.8. The number of nitrogens with one attached hydrogen (secondary N) is 3. The van der Waals surface area contributed by atoms with Gasteiger partial charge in [0, 0.05) is 44.7 Å². The number of aryl methyl sites for hydroxylation is 1. The van der Waals surface area contributed by atoms with Gasteiger partial charge in [0.2, 0.25) is 18.2 Å². The lowest BCUT2D eigenvalue weighted by Gasteiger charge is -2.37. The van der Waals surface area contributed by atoms with Gasteiger partial charge < -0.3 is 38.1 Å². The summed E-state index contributed by atoms with van der Waals surface area (Å²) in [5.74, 6) is -1.68. The molecule has 0 aliphatic heterocycles. The number of pyridine rings is 1. The van der Waals surface area contributed by atoms with Crippen molar-refractivity contribution in [2.45, 2.75) is 24.9 Å². The van der Waals surface area contributed by atoms with Crippen molar-refractivity contribution < 1.29 is 14.4 Å². The Morgan fingerprint density at radius 2 is 1.75 bits per heavy atom. The molecule has 9 N–H and O–H groups in total. The van der Waals surface area contributed by atoms with Crippen molar-refractivity contribution >= 4 is 34.8 Å². The summed E-state index contributed by atoms with van der Waals surface area (Å²) in [6, 6.07) is 19.0. The molecule has 1 heterocycles. The van der Waals surface area contributed by atoms with Crippen molar-refractivity contribution in [2.75, 3.05) is 44.6 Å². The summed E-state index contributed by atoms with van der Waals surface area (Å²) in [6.45, 7) is 2.57. The van der Waals surface area contributed by atoms with E-state index in [2.05, 4.69) is 20.9 Å². The number of fused-ring (bicyclic) bond motifs is 1. The standard InChI is InChI=1S/C29H40N8O3/c30-12-14-33-15-17-37(16-13-31)27(39)19-29(32,35-21-38)25(11-10-22-6-2-1-3-7-22)28(40)36-24-18-23-8-4-5-9-26(23)34-20-24/h1-9,18,20-21,25,33H,10-17,19,30-32H2,(H,35,38)(H,36,40)/t25?,29-/m0/s1. The van der Waals surface area contributed by atoms with Gasteiger partial charge in [-0.1, -0.05) is 48.5 Å². The van der Waals surface area contributed by atoms with Crippen LogP contribution in [-0.2, 0) is 20.8 Å². The van der Waals surface area contributed by atoms with Gasteiger partial charge in [-0.05, 0) is 30.5 Å². The van der Waals surface area contributed by atoms with Gasteiger partial charge >= 0.3 is 0 Å². The van der Waals surface area contributed by atoms with Gasteiger partial charge in [-0.25, -0.2) is 0 Å². The quantitative estimate of drug-likeness (QED) is 0.0803. The van der Waals surface area contributed by atoms with Crippen molar-refractivity contribution in [3.8, 4) is 0 Å². The Bertz CT molecular complexity index is 1240. The van der Waals surface area contributed by atoms with Gasteiger partial charge in [-0.15, -0.1) is 0 Å². The molecule has 0 saturated carbocycles. The SMILES string of the molecule is NCCNCCN(CCN)C(=O)C[C@](N)(NC=O)C(CCc1ccccc1)C(=O)Nc1cnc2ccccc2c1. The summed E-state index contributed by atoms with van der Waals surface area (Å²) in [5.41, 5.74) is 18.7. The Balaban J connectivity index is 1.86. The first-order chi connectivity index (χ1) is 19.4. The van der Waals surface area contributed by atoms with E-state index in [0.717, 1.165) is 16.5 Å². The second-order valence-corrected chi connectivity index (χ2v) is 9.67. The number of amides is 3. The van der Waals surface area contributed by atoms with Gasteiger partial charge in [0.15, 0.2) is 0 Å². The van der Waals surface area contributed by atoms with Crippen molar-refractivity contribution in [3.05, 3.63) is 72.4 Å². The summed E-state index contributed by atoms with van der Waals surface area (Å²) in [4.78, 5) is 44.9. The minimum absolute atomic E-state index is 0.258. The molecule has 1 unspecified atom stereocenters. The van der Waals surface area contributed by atoms with Crippen molar-refractivity contribution in [2.24, 2.45) is 23.1 Å². The van der Waals surface area contributed by atoms with E-state index in [9.17, 15) is 14.4 Å². The molecule has 2 atom stereocenters. The molecule has 0 bridgehead atoms. The molecule has 1 aromatic heterocycles. The average molecular weight is 549 g/mol. The maximum absolute atomic E-state index is 13.8. The third-order valence-electron chi connectivity index (χ3n) is 6.76. The fourth-order valence-corrected chi connectivity index (χ4v) is 4.65. The van der Waals surface area contributed by atoms with Crippen molar-refractivity contribution in [1.82, 2.24) is 20.5 Å². The minimum atomic E-state index is -1.65. The van der Waals surface area contributed by atoms with Crippen LogP contribution in [0.4, 0.5) is 5.69 Å². The number of hydrogen-bond acceptors (Lipinski definition) is 8. The molecule has 3 rings (SSSR count). The molecule has 214 valence electrons. The molecule has 0 radical (unpaired) electrons. The molecule has 11 heteroatoms. The summed E-state index contributed by atoms with van der Waals surface area (Å²) in [7, 11) is 0. The molecule has 0 aliphatic carbocycles. The van der Waals surface area contributed by atoms with Crippen LogP contribution in [-0.4, -0.2) is 73.0 Å². The summed E-state index contributed by atoms with van der Waals surface area (Å²) < 4.78 is 0. The van der Waals surface area contributed by atoms with Crippen LogP contribution in [0.5, 0.6) is 0 Å². The number of carbonyl (C=O) groups excluding carboxylic acids is 3. The third-order valence-corrected chi connectivity index (χ3v) is 6.76. The topological polar surface area (TPSA) is 181 Å². The van der Waals surface area contributed by atoms with Crippen LogP contribution < -0.4 is 33.2 Å². The number of nitrogens with two attached hydrogens (primary N) is 3. The maximum atomic E-state index is 13.8. The van der Waals surface area contributed by atoms with E-state index in [1.807, 2.05) is 60.7 Å². The molecule has 3 aromatic rings. The Morgan fingerprint density at radius 1 is 1.00 bits per heavy atom. The highest BCUT2D eigenvalue weighted by Gasteiger charge is 2.42. The van der Waals surface area contributed by atoms with Gasteiger partial charge in [0.05, 0.1) is 29.7 Å². The number of aromatic nitrogens is 1. The molecule has 0 aliphatic rings. The smallest absolute Gasteiger partial charge is 0.231 e. The van der Waals surface area contributed by atoms with Crippen LogP contribution in [0.3, 0.4) is 0 Å². The molecule has 0 fully saturated rings. The molecule has 0 spiro atoms. The van der Waals surface area contributed by atoms with E-state index < -0.39 is 17.5 Å². The van der Waals surface area contributed by atoms with Crippen LogP contribution in [0.2, 0.25) is 0 Å². The number of rotatable bonds is 17. The van der Waals surface area contributed by atoms with Crippen LogP contribution in [0, 0.1) is 5.92 Å². The Labute approximate surface area is 234 Å². The molecule has 11 nitrogen and oxygen atoms in total. The van der Waals surface area contributed by atoms with Gasteiger partial charge in [-0.3, -0.25) is 19.4 Å². The van der Waals surface area contributed by atoms with E-state index in [1.54, 1.807) is 11.1 Å². The Morgan fingerprint density at radius 3 is 2.48 bits per heavy atom. The van der Waals surface area contributed by atoms with Crippen LogP contribution in [0.25, 0.3) is 10.9 Å². The second-order valence-electron chi connectivity index (χ2n) is 9.67. The number of nitrogens with zero attached hydrogens (tertiary/aromatic N) is 2. The lowest BCUT2D eigenvalue weighted by molar-refractivity contribution is -0.134. The molecular weight excluding hydrogens is 508 g/mol. The second kappa shape index (κ2) is 15.6. The highest BCUT2D eigenvalue weighted by molar-refractivity contribution is 5.96. The highest BCUT2D eigenvalue weighted by Crippen LogP contribution is 2.26. The van der Waals surface area contributed by atoms with Gasteiger partial charge in [-0.2, -0.15) is 0 Å². The first-order valence-electron chi connectivity index (χ1n) is 13.5. The predicted molar refractivity (Wildman–Crippen MR) is 157 cm³/mol. The number of carbonyl (C=O) groups is 3. The number of hydrogen-bond donors (Lipinski definition) is 6. The van der Waals surface area contributed by atoms with Crippen LogP contribution in [0.1, 0.15) is 18.4 Å². The third kappa shape index (κ3) is 8.82. The number of anilines is 1. The first-order valence-corrected chi connectivity index (χ1v) is 13.5. The number of para-hydroxylation sites is 1. The van der Waals surface area contributed by atoms with Crippen LogP contribution >= 0.6 is 0 Å². The first kappa shape index (κ1) is 30.6. The molecular formula is C29H40N8O3. The normalized spacial score (nSPS) is 13.3. The zero-order valence-electron chi connectivity index (χ0n) is 22.7. The number of benzene rings is 2. The summed E-state index contributed by atoms with van der Waals surface area (Å²) in [5, 5.41) is 9.53. The van der Waals surface area contributed by atoms with Crippen molar-refractivity contribution in [1.29, 1.82) is 0 Å². The van der Waals surface area contributed by atoms with E-state index in [4.69, 9.17) is 17.2 Å². The largest absolute Gasteiger partial charge is 0.340 e. The molecule has 3 amide bonds. The minimum Gasteiger partial charge on any atom is -0.340 e. The van der Waals surface area contributed by atoms with Gasteiger partial charge in [0.25, 0.3) is 0 Å². The van der Waals surface area contributed by atoms with Crippen molar-refractivity contribution in [3.63, 3.8) is 0 Å². The van der Waals surface area contributed by atoms with Crippen LogP contribution in [0.15, 0.2) is 66.9 Å². The summed E-state index contributed by atoms with van der Waals surface area (Å²) in [6.07, 6.45) is 2.52. The van der Waals surface area contributed by atoms with Gasteiger partial charge in [0.1, 0.15) is 5.66 Å².